The molecule has 0 radical (unpaired) electrons. The van der Waals surface area contributed by atoms with Crippen LogP contribution in [0, 0.1) is 0 Å². The lowest BCUT2D eigenvalue weighted by Gasteiger charge is -2.57. The minimum atomic E-state index is 0.136. The SMILES string of the molecule is CC(C)N1CC2CC(C1)N2C(=O)c1ccc2nccnc2c1. The zero-order valence-electron chi connectivity index (χ0n) is 12.9. The molecule has 0 N–H and O–H groups in total. The largest absolute Gasteiger partial charge is 0.330 e. The molecule has 5 rings (SSSR count). The van der Waals surface area contributed by atoms with E-state index in [1.807, 2.05) is 18.2 Å². The van der Waals surface area contributed by atoms with Gasteiger partial charge in [0.2, 0.25) is 0 Å². The van der Waals surface area contributed by atoms with E-state index in [2.05, 4.69) is 33.6 Å². The Kier molecular flexibility index (Phi) is 3.11. The number of carbonyl (C=O) groups is 1. The quantitative estimate of drug-likeness (QED) is 0.850. The molecule has 3 aliphatic heterocycles. The van der Waals surface area contributed by atoms with Gasteiger partial charge in [0, 0.05) is 49.2 Å². The number of benzene rings is 1. The Hall–Kier alpha value is -2.01. The number of hydrogen-bond acceptors (Lipinski definition) is 4. The van der Waals surface area contributed by atoms with Crippen LogP contribution in [0.15, 0.2) is 30.6 Å². The van der Waals surface area contributed by atoms with E-state index >= 15 is 0 Å². The molecule has 5 heteroatoms. The van der Waals surface area contributed by atoms with Crippen LogP contribution in [0.25, 0.3) is 11.0 Å². The Bertz CT molecular complexity index is 717. The van der Waals surface area contributed by atoms with Gasteiger partial charge >= 0.3 is 0 Å². The molecule has 0 saturated carbocycles. The Balaban J connectivity index is 1.57. The fourth-order valence-electron chi connectivity index (χ4n) is 3.64. The summed E-state index contributed by atoms with van der Waals surface area (Å²) in [5, 5.41) is 0. The van der Waals surface area contributed by atoms with E-state index in [4.69, 9.17) is 0 Å². The van der Waals surface area contributed by atoms with Crippen molar-refractivity contribution < 1.29 is 4.79 Å². The summed E-state index contributed by atoms with van der Waals surface area (Å²) in [6.45, 7) is 6.43. The number of fused-ring (bicyclic) bond motifs is 3. The monoisotopic (exact) mass is 296 g/mol. The van der Waals surface area contributed by atoms with Crippen LogP contribution in [0.5, 0.6) is 0 Å². The van der Waals surface area contributed by atoms with E-state index in [0.29, 0.717) is 18.1 Å². The first kappa shape index (κ1) is 13.6. The molecule has 5 nitrogen and oxygen atoms in total. The summed E-state index contributed by atoms with van der Waals surface area (Å²) in [7, 11) is 0. The molecule has 1 aromatic heterocycles. The molecule has 22 heavy (non-hydrogen) atoms. The van der Waals surface area contributed by atoms with Gasteiger partial charge in [-0.3, -0.25) is 19.7 Å². The van der Waals surface area contributed by atoms with E-state index < -0.39 is 0 Å². The van der Waals surface area contributed by atoms with Crippen molar-refractivity contribution in [2.75, 3.05) is 13.1 Å². The topological polar surface area (TPSA) is 49.3 Å². The van der Waals surface area contributed by atoms with Crippen molar-refractivity contribution in [3.05, 3.63) is 36.2 Å². The Labute approximate surface area is 130 Å². The predicted octanol–water partition coefficient (Wildman–Crippen LogP) is 1.94. The van der Waals surface area contributed by atoms with Gasteiger partial charge in [-0.2, -0.15) is 0 Å². The van der Waals surface area contributed by atoms with Gasteiger partial charge in [0.05, 0.1) is 11.0 Å². The molecule has 3 saturated heterocycles. The number of carbonyl (C=O) groups excluding carboxylic acids is 1. The van der Waals surface area contributed by atoms with Crippen molar-refractivity contribution in [2.45, 2.75) is 38.4 Å². The smallest absolute Gasteiger partial charge is 0.254 e. The van der Waals surface area contributed by atoms with Crippen molar-refractivity contribution in [2.24, 2.45) is 0 Å². The summed E-state index contributed by atoms with van der Waals surface area (Å²) in [5.41, 5.74) is 2.33. The third-order valence-corrected chi connectivity index (χ3v) is 4.90. The molecule has 0 aliphatic carbocycles. The van der Waals surface area contributed by atoms with Crippen molar-refractivity contribution >= 4 is 16.9 Å². The fraction of sp³-hybridized carbons (Fsp3) is 0.471. The van der Waals surface area contributed by atoms with E-state index in [1.54, 1.807) is 12.4 Å². The summed E-state index contributed by atoms with van der Waals surface area (Å²) in [6, 6.07) is 6.90. The van der Waals surface area contributed by atoms with Crippen molar-refractivity contribution in [1.29, 1.82) is 0 Å². The molecule has 3 fully saturated rings. The minimum absolute atomic E-state index is 0.136. The molecular weight excluding hydrogens is 276 g/mol. The second kappa shape index (κ2) is 5.02. The number of amides is 1. The maximum atomic E-state index is 12.8. The van der Waals surface area contributed by atoms with Crippen molar-refractivity contribution in [3.63, 3.8) is 0 Å². The van der Waals surface area contributed by atoms with Gasteiger partial charge in [0.25, 0.3) is 5.91 Å². The van der Waals surface area contributed by atoms with Crippen LogP contribution in [-0.2, 0) is 0 Å². The number of aromatic nitrogens is 2. The first-order chi connectivity index (χ1) is 10.6. The highest BCUT2D eigenvalue weighted by Crippen LogP contribution is 2.34. The van der Waals surface area contributed by atoms with Gasteiger partial charge in [0.1, 0.15) is 0 Å². The first-order valence-corrected chi connectivity index (χ1v) is 7.91. The van der Waals surface area contributed by atoms with Crippen molar-refractivity contribution in [1.82, 2.24) is 19.8 Å². The van der Waals surface area contributed by atoms with Crippen LogP contribution in [0.2, 0.25) is 0 Å². The molecule has 3 aliphatic rings. The lowest BCUT2D eigenvalue weighted by molar-refractivity contribution is -0.0563. The average molecular weight is 296 g/mol. The third-order valence-electron chi connectivity index (χ3n) is 4.90. The zero-order valence-corrected chi connectivity index (χ0v) is 12.9. The molecule has 1 aromatic carbocycles. The molecule has 2 atom stereocenters. The molecule has 2 aromatic rings. The molecule has 114 valence electrons. The number of nitrogens with zero attached hydrogens (tertiary/aromatic N) is 4. The normalized spacial score (nSPS) is 24.6. The Morgan fingerprint density at radius 3 is 2.50 bits per heavy atom. The molecule has 1 amide bonds. The van der Waals surface area contributed by atoms with Gasteiger partial charge in [-0.1, -0.05) is 0 Å². The van der Waals surface area contributed by atoms with E-state index in [0.717, 1.165) is 36.1 Å². The van der Waals surface area contributed by atoms with Gasteiger partial charge in [-0.25, -0.2) is 0 Å². The van der Waals surface area contributed by atoms with E-state index in [9.17, 15) is 4.79 Å². The number of rotatable bonds is 2. The van der Waals surface area contributed by atoms with Crippen LogP contribution < -0.4 is 0 Å². The highest BCUT2D eigenvalue weighted by molar-refractivity contribution is 5.98. The van der Waals surface area contributed by atoms with Gasteiger partial charge < -0.3 is 4.90 Å². The predicted molar refractivity (Wildman–Crippen MR) is 84.6 cm³/mol. The highest BCUT2D eigenvalue weighted by Gasteiger charge is 2.47. The van der Waals surface area contributed by atoms with E-state index in [1.165, 1.54) is 0 Å². The van der Waals surface area contributed by atoms with Crippen molar-refractivity contribution in [3.8, 4) is 0 Å². The lowest BCUT2D eigenvalue weighted by atomic mass is 9.86. The van der Waals surface area contributed by atoms with E-state index in [-0.39, 0.29) is 5.91 Å². The second-order valence-electron chi connectivity index (χ2n) is 6.56. The van der Waals surface area contributed by atoms with Crippen LogP contribution in [0.4, 0.5) is 0 Å². The van der Waals surface area contributed by atoms with Crippen LogP contribution >= 0.6 is 0 Å². The van der Waals surface area contributed by atoms with Crippen LogP contribution in [0.1, 0.15) is 30.6 Å². The minimum Gasteiger partial charge on any atom is -0.330 e. The maximum absolute atomic E-state index is 12.8. The lowest BCUT2D eigenvalue weighted by Crippen LogP contribution is -2.70. The molecule has 2 unspecified atom stereocenters. The van der Waals surface area contributed by atoms with Crippen LogP contribution in [-0.4, -0.2) is 56.9 Å². The molecule has 4 heterocycles. The molecular formula is C17H20N4O. The maximum Gasteiger partial charge on any atom is 0.254 e. The third kappa shape index (κ3) is 2.08. The summed E-state index contributed by atoms with van der Waals surface area (Å²) >= 11 is 0. The molecule has 2 bridgehead atoms. The zero-order chi connectivity index (χ0) is 15.3. The highest BCUT2D eigenvalue weighted by atomic mass is 16.2. The number of piperazine rings is 1. The van der Waals surface area contributed by atoms with Gasteiger partial charge in [0.15, 0.2) is 0 Å². The van der Waals surface area contributed by atoms with Gasteiger partial charge in [-0.05, 0) is 38.5 Å². The Morgan fingerprint density at radius 2 is 1.82 bits per heavy atom. The Morgan fingerprint density at radius 1 is 1.14 bits per heavy atom. The van der Waals surface area contributed by atoms with Gasteiger partial charge in [-0.15, -0.1) is 0 Å². The summed E-state index contributed by atoms with van der Waals surface area (Å²) in [6.07, 6.45) is 4.47. The summed E-state index contributed by atoms with van der Waals surface area (Å²) in [4.78, 5) is 25.9. The molecule has 0 spiro atoms. The standard InChI is InChI=1S/C17H20N4O/c1-11(2)20-9-13-8-14(10-20)21(13)17(22)12-3-4-15-16(7-12)19-6-5-18-15/h3-7,11,13-14H,8-10H2,1-2H3. The first-order valence-electron chi connectivity index (χ1n) is 7.91. The number of piperidine rings is 1. The fourth-order valence-corrected chi connectivity index (χ4v) is 3.64. The average Bonchev–Trinajstić information content (AvgIpc) is 2.54. The summed E-state index contributed by atoms with van der Waals surface area (Å²) < 4.78 is 0. The van der Waals surface area contributed by atoms with Crippen LogP contribution in [0.3, 0.4) is 0 Å². The summed E-state index contributed by atoms with van der Waals surface area (Å²) in [5.74, 6) is 0.136. The number of hydrogen-bond donors (Lipinski definition) is 0. The second-order valence-corrected chi connectivity index (χ2v) is 6.56.